The summed E-state index contributed by atoms with van der Waals surface area (Å²) in [5.41, 5.74) is 2.57. The first-order valence-corrected chi connectivity index (χ1v) is 44.9. The van der Waals surface area contributed by atoms with E-state index in [2.05, 4.69) is 37.4 Å². The Morgan fingerprint density at radius 3 is 0.908 bits per heavy atom. The Morgan fingerprint density at radius 2 is 0.677 bits per heavy atom. The summed E-state index contributed by atoms with van der Waals surface area (Å²) in [4.78, 5) is 192. The molecule has 3 fully saturated rings. The quantitative estimate of drug-likeness (QED) is 0.0181. The molecule has 34 nitrogen and oxygen atoms in total. The van der Waals surface area contributed by atoms with Gasteiger partial charge in [0.05, 0.1) is 50.7 Å². The van der Waals surface area contributed by atoms with Crippen LogP contribution in [0.1, 0.15) is 304 Å². The van der Waals surface area contributed by atoms with Crippen LogP contribution >= 0.6 is 34.8 Å². The number of imide groups is 3. The van der Waals surface area contributed by atoms with Crippen molar-refractivity contribution >= 4 is 128 Å². The highest BCUT2D eigenvalue weighted by Crippen LogP contribution is 2.18. The van der Waals surface area contributed by atoms with Gasteiger partial charge in [-0.1, -0.05) is 93.5 Å². The van der Waals surface area contributed by atoms with Crippen LogP contribution in [0.15, 0.2) is 48.5 Å². The van der Waals surface area contributed by atoms with E-state index in [1.807, 2.05) is 173 Å². The van der Waals surface area contributed by atoms with Gasteiger partial charge in [-0.05, 0) is 254 Å². The number of ketones is 2. The minimum Gasteiger partial charge on any atom is -0.491 e. The molecule has 0 unspecified atom stereocenters. The number of carboxylic acids is 3. The number of hydrogen-bond donors (Lipinski definition) is 5. The van der Waals surface area contributed by atoms with Crippen molar-refractivity contribution in [2.24, 2.45) is 29.6 Å². The summed E-state index contributed by atoms with van der Waals surface area (Å²) in [6.07, 6.45) is 5.36. The van der Waals surface area contributed by atoms with Crippen LogP contribution in [0, 0.1) is 29.6 Å². The number of rotatable bonds is 37. The fraction of sp³-hybridized carbons (Fsp3) is 0.699. The molecule has 0 atom stereocenters. The maximum Gasteiger partial charge on any atom is 0.358 e. The lowest BCUT2D eigenvalue weighted by molar-refractivity contribution is -0.201. The highest BCUT2D eigenvalue weighted by Gasteiger charge is 2.35. The number of halogens is 3. The molecule has 0 bridgehead atoms. The lowest BCUT2D eigenvalue weighted by atomic mass is 10.1. The molecule has 130 heavy (non-hydrogen) atoms. The highest BCUT2D eigenvalue weighted by molar-refractivity contribution is 6.64. The number of carboxylic acid groups (broad SMARTS) is 3. The fourth-order valence-electron chi connectivity index (χ4n) is 7.63. The molecule has 3 heterocycles. The first-order chi connectivity index (χ1) is 59.8. The van der Waals surface area contributed by atoms with Crippen LogP contribution in [0.2, 0.25) is 0 Å². The maximum atomic E-state index is 11.4. The van der Waals surface area contributed by atoms with Crippen molar-refractivity contribution in [1.29, 1.82) is 0 Å². The zero-order valence-corrected chi connectivity index (χ0v) is 85.7. The molecule has 0 aromatic heterocycles. The molecule has 0 radical (unpaired) electrons. The number of benzene rings is 2. The third kappa shape index (κ3) is 94.4. The minimum atomic E-state index is -0.918. The van der Waals surface area contributed by atoms with Crippen molar-refractivity contribution in [2.45, 2.75) is 332 Å². The zero-order chi connectivity index (χ0) is 103. The highest BCUT2D eigenvalue weighted by atomic mass is 35.5. The van der Waals surface area contributed by atoms with Crippen LogP contribution in [0.5, 0.6) is 5.75 Å². The second kappa shape index (κ2) is 82.6. The number of aliphatic hydroxyl groups excluding tert-OH is 2. The predicted octanol–water partition coefficient (Wildman–Crippen LogP) is 15.5. The number of hydroxylamine groups is 6. The number of amides is 6. The third-order valence-corrected chi connectivity index (χ3v) is 16.2. The van der Waals surface area contributed by atoms with Gasteiger partial charge in [-0.15, -0.1) is 26.8 Å². The van der Waals surface area contributed by atoms with Gasteiger partial charge in [0.15, 0.2) is 11.6 Å². The molecule has 5 rings (SSSR count). The van der Waals surface area contributed by atoms with E-state index in [9.17, 15) is 76.7 Å². The third-order valence-electron chi connectivity index (χ3n) is 15.9. The molecule has 5 N–H and O–H groups in total. The Kier molecular flexibility index (Phi) is 87.2. The Bertz CT molecular complexity index is 3310. The molecule has 752 valence electrons. The standard InChI is InChI=1S/C12H16O2.C11H14O2.C10H16N2O4.C10H15NO4.C9H13NO5.C6H12ClNO.C6H11ClO.C6H13NO2.C6H12O2.C5H10O3.C5H12O.C4H10O.C3H7Cl/c1-9(2)14-8-11-4-6-12(7-5-11)10(3)13;1-8(2)13-11-6-4-10(5-7-11)9(3)12;1-7(2)11(3)6-10(15)16-12-8(13)4-5-9(12)14;1-7(2)3-6-10(14)15-11-8(12)4-5-9(11)13;1-6(2)14-5-9(13)15-10-7(11)3-4-8(10)12;1-5(2)8(3)4-6(7)9;1-5(2)3-4-6(7)8;1-5(2)7(3)4-6(8)9;1-5(2)3-4-6(7)8;1-4(2)8-3-5(6)7;1-5(2)3-4-6;1-4(2)3-5;1-3(2)4/h4-7,9H,8H2,1-3H3;4-8H,1-3H3;7H,4-6H2,1-3H3;7H,3-6H2,1-2H3;6H,3-5H2,1-2H3;5H,4H2,1-3H3;5H,3-4H2,1-2H3;5H,4H2,1-3H3,(H,8,9);5H,3-4H2,1-2H3,(H,7,8);4H,3H2,1-2H3,(H,6,7);5-6H,3-4H2,1-2H3;4-5H,3H2,1-2H3;3H,1-2H3. The Morgan fingerprint density at radius 1 is 0.369 bits per heavy atom. The second-order valence-corrected chi connectivity index (χ2v) is 35.6. The number of nitrogens with zero attached hydrogens (tertiary/aromatic N) is 6. The number of hydrogen-bond acceptors (Lipinski definition) is 28. The van der Waals surface area contributed by atoms with Gasteiger partial charge in [-0.3, -0.25) is 72.2 Å². The van der Waals surface area contributed by atoms with Crippen molar-refractivity contribution in [3.63, 3.8) is 0 Å². The smallest absolute Gasteiger partial charge is 0.358 e. The van der Waals surface area contributed by atoms with Gasteiger partial charge in [-0.2, -0.15) is 0 Å². The number of likely N-dealkylation sites (N-methyl/N-ethyl adjacent to an activating group) is 3. The first-order valence-electron chi connectivity index (χ1n) is 43.7. The summed E-state index contributed by atoms with van der Waals surface area (Å²) >= 11 is 15.5. The van der Waals surface area contributed by atoms with E-state index in [0.717, 1.165) is 41.7 Å². The minimum absolute atomic E-state index is 0.00565. The van der Waals surface area contributed by atoms with Crippen LogP contribution in [0.25, 0.3) is 0 Å². The normalized spacial score (nSPS) is 12.4. The summed E-state index contributed by atoms with van der Waals surface area (Å²) in [5, 5.41) is 42.3. The van der Waals surface area contributed by atoms with Crippen LogP contribution in [0.4, 0.5) is 0 Å². The molecular weight excluding hydrogens is 1760 g/mol. The zero-order valence-electron chi connectivity index (χ0n) is 83.4. The fourth-order valence-corrected chi connectivity index (χ4v) is 7.93. The van der Waals surface area contributed by atoms with Crippen LogP contribution < -0.4 is 4.74 Å². The molecule has 2 aromatic rings. The van der Waals surface area contributed by atoms with Gasteiger partial charge in [0, 0.05) is 106 Å². The molecule has 3 saturated heterocycles. The molecule has 6 amide bonds. The number of carbonyl (C=O) groups is 16. The van der Waals surface area contributed by atoms with Crippen molar-refractivity contribution in [3.05, 3.63) is 65.2 Å². The van der Waals surface area contributed by atoms with E-state index in [4.69, 9.17) is 84.1 Å². The monoisotopic (exact) mass is 1920 g/mol. The molecule has 37 heteroatoms. The van der Waals surface area contributed by atoms with Gasteiger partial charge in [0.2, 0.25) is 10.5 Å². The summed E-state index contributed by atoms with van der Waals surface area (Å²) in [5.74, 6) is -3.44. The second-order valence-electron chi connectivity index (χ2n) is 33.9. The molecule has 0 aliphatic carbocycles. The Labute approximate surface area is 789 Å². The lowest BCUT2D eigenvalue weighted by Crippen LogP contribution is -2.38. The van der Waals surface area contributed by atoms with Crippen LogP contribution in [0.3, 0.4) is 0 Å². The molecule has 3 aliphatic rings. The first kappa shape index (κ1) is 137. The van der Waals surface area contributed by atoms with E-state index in [1.165, 1.54) is 0 Å². The van der Waals surface area contributed by atoms with E-state index in [-0.39, 0.29) is 124 Å². The summed E-state index contributed by atoms with van der Waals surface area (Å²) < 4.78 is 20.5. The molecular formula is C93H161Cl3N6O28. The predicted molar refractivity (Wildman–Crippen MR) is 502 cm³/mol. The molecule has 3 aliphatic heterocycles. The van der Waals surface area contributed by atoms with Crippen LogP contribution in [-0.2, 0) is 102 Å². The number of aliphatic hydroxyl groups is 2. The number of ether oxygens (including phenoxy) is 4. The summed E-state index contributed by atoms with van der Waals surface area (Å²) in [6.45, 7) is 55.4. The van der Waals surface area contributed by atoms with Gasteiger partial charge < -0.3 is 59.0 Å². The van der Waals surface area contributed by atoms with Gasteiger partial charge >= 0.3 is 35.8 Å². The van der Waals surface area contributed by atoms with Crippen molar-refractivity contribution < 1.29 is 136 Å². The van der Waals surface area contributed by atoms with Gasteiger partial charge in [0.25, 0.3) is 35.4 Å². The van der Waals surface area contributed by atoms with Gasteiger partial charge in [-0.25, -0.2) is 19.2 Å². The van der Waals surface area contributed by atoms with E-state index in [0.29, 0.717) is 108 Å². The Balaban J connectivity index is -0.000000210. The Hall–Kier alpha value is -8.29. The largest absolute Gasteiger partial charge is 0.491 e. The van der Waals surface area contributed by atoms with Crippen molar-refractivity contribution in [2.75, 3.05) is 67.2 Å². The average Bonchev–Trinajstić information content (AvgIpc) is 1.74. The molecule has 2 aromatic carbocycles. The summed E-state index contributed by atoms with van der Waals surface area (Å²) in [7, 11) is 5.42. The van der Waals surface area contributed by atoms with Crippen molar-refractivity contribution in [1.82, 2.24) is 29.9 Å². The topological polar surface area (TPSA) is 458 Å². The van der Waals surface area contributed by atoms with Crippen LogP contribution in [-0.4, -0.2) is 264 Å². The number of Topliss-reactive ketones (excluding diaryl/α,β-unsaturated/α-hetero) is 2. The van der Waals surface area contributed by atoms with E-state index >= 15 is 0 Å². The lowest BCUT2D eigenvalue weighted by Gasteiger charge is -2.20. The number of aliphatic carboxylic acids is 3. The average molecular weight is 1920 g/mol. The van der Waals surface area contributed by atoms with Gasteiger partial charge in [0.1, 0.15) is 19.0 Å². The number of alkyl halides is 1. The number of carbonyl (C=O) groups excluding carboxylic acids is 13. The van der Waals surface area contributed by atoms with E-state index in [1.54, 1.807) is 77.6 Å². The van der Waals surface area contributed by atoms with E-state index < -0.39 is 71.3 Å². The maximum absolute atomic E-state index is 11.4. The SMILES string of the molecule is CC(=O)c1ccc(COC(C)C)cc1.CC(=O)c1ccc(OC(C)C)cc1.CC(C)CCC(=O)Cl.CC(C)CCC(=O)O.CC(C)CCC(=O)ON1C(=O)CCC1=O.CC(C)CCO.CC(C)CO.CC(C)Cl.CC(C)N(C)CC(=O)Cl.CC(C)N(C)CC(=O)O.CC(C)N(C)CC(=O)ON1C(=O)CCC1=O.CC(C)OCC(=O)O.CC(C)OCC(=O)ON1C(=O)CCC1=O. The van der Waals surface area contributed by atoms with Crippen molar-refractivity contribution in [3.8, 4) is 5.75 Å². The molecule has 0 spiro atoms. The summed E-state index contributed by atoms with van der Waals surface area (Å²) in [6, 6.07) is 15.6. The molecule has 0 saturated carbocycles.